The number of carbonyl (C=O) groups is 1. The van der Waals surface area contributed by atoms with E-state index in [1.54, 1.807) is 13.0 Å². The highest BCUT2D eigenvalue weighted by molar-refractivity contribution is 5.90. The molecule has 256 valence electrons. The van der Waals surface area contributed by atoms with Gasteiger partial charge in [0.25, 0.3) is 0 Å². The Hall–Kier alpha value is -1.25. The predicted octanol–water partition coefficient (Wildman–Crippen LogP) is 7.62. The lowest BCUT2D eigenvalue weighted by Gasteiger charge is -2.21. The normalized spacial score (nSPS) is 23.2. The molecule has 2 aliphatic heterocycles. The predicted molar refractivity (Wildman–Crippen MR) is 177 cm³/mol. The molecular weight excluding hydrogens is 556 g/mol. The third-order valence-electron chi connectivity index (χ3n) is 9.27. The van der Waals surface area contributed by atoms with E-state index in [0.29, 0.717) is 37.7 Å². The van der Waals surface area contributed by atoms with Crippen molar-refractivity contribution in [2.45, 2.75) is 204 Å². The third kappa shape index (κ3) is 17.4. The van der Waals surface area contributed by atoms with Crippen molar-refractivity contribution in [1.82, 2.24) is 0 Å². The highest BCUT2D eigenvalue weighted by Crippen LogP contribution is 2.28. The Balaban J connectivity index is 1.41. The molecule has 0 amide bonds. The van der Waals surface area contributed by atoms with Gasteiger partial charge >= 0.3 is 5.97 Å². The molecule has 7 heteroatoms. The average Bonchev–Trinajstić information content (AvgIpc) is 3.61. The lowest BCUT2D eigenvalue weighted by atomic mass is 9.99. The summed E-state index contributed by atoms with van der Waals surface area (Å²) in [6.07, 6.45) is 26.4. The standard InChI is InChI=1S/C37H66O7/c1-3-4-5-6-7-8-9-10-11-12-13-17-23-33(40)35-25-26-36(44-35)34(41)24-18-15-14-16-20-31(38)21-19-22-32(39)28-30-27-29(2)43-37(30)42/h13,17,27,29,31-36,38-41H,3-12,14-16,18-26,28H2,1-2H3/b17-13-/t29-,31+,32+,33+,34-,35-,36+/m1/s1. The summed E-state index contributed by atoms with van der Waals surface area (Å²) < 4.78 is 11.1. The van der Waals surface area contributed by atoms with E-state index in [4.69, 9.17) is 9.47 Å². The summed E-state index contributed by atoms with van der Waals surface area (Å²) >= 11 is 0. The molecule has 2 heterocycles. The van der Waals surface area contributed by atoms with E-state index in [1.165, 1.54) is 57.8 Å². The Morgan fingerprint density at radius 2 is 1.30 bits per heavy atom. The van der Waals surface area contributed by atoms with Crippen LogP contribution in [0.25, 0.3) is 0 Å². The van der Waals surface area contributed by atoms with Gasteiger partial charge in [0.1, 0.15) is 6.10 Å². The summed E-state index contributed by atoms with van der Waals surface area (Å²) in [4.78, 5) is 11.7. The van der Waals surface area contributed by atoms with Crippen molar-refractivity contribution in [3.63, 3.8) is 0 Å². The van der Waals surface area contributed by atoms with Crippen LogP contribution in [-0.4, -0.2) is 69.1 Å². The van der Waals surface area contributed by atoms with Crippen LogP contribution in [0.2, 0.25) is 0 Å². The molecule has 7 nitrogen and oxygen atoms in total. The summed E-state index contributed by atoms with van der Waals surface area (Å²) in [5.74, 6) is -0.333. The average molecular weight is 623 g/mol. The highest BCUT2D eigenvalue weighted by Gasteiger charge is 2.33. The van der Waals surface area contributed by atoms with Crippen LogP contribution in [0.1, 0.15) is 162 Å². The topological polar surface area (TPSA) is 116 Å². The molecule has 0 unspecified atom stereocenters. The van der Waals surface area contributed by atoms with Gasteiger partial charge in [-0.3, -0.25) is 0 Å². The third-order valence-corrected chi connectivity index (χ3v) is 9.27. The fourth-order valence-corrected chi connectivity index (χ4v) is 6.48. The number of esters is 1. The minimum atomic E-state index is -0.587. The molecule has 0 radical (unpaired) electrons. The zero-order valence-electron chi connectivity index (χ0n) is 28.1. The molecule has 1 saturated heterocycles. The van der Waals surface area contributed by atoms with Crippen molar-refractivity contribution < 1.29 is 34.7 Å². The number of allylic oxidation sites excluding steroid dienone is 1. The lowest BCUT2D eigenvalue weighted by molar-refractivity contribution is -0.139. The molecular formula is C37H66O7. The molecule has 0 aromatic rings. The van der Waals surface area contributed by atoms with Gasteiger partial charge in [0.05, 0.1) is 36.6 Å². The molecule has 4 N–H and O–H groups in total. The van der Waals surface area contributed by atoms with Crippen molar-refractivity contribution >= 4 is 5.97 Å². The highest BCUT2D eigenvalue weighted by atomic mass is 16.5. The molecule has 2 rings (SSSR count). The van der Waals surface area contributed by atoms with E-state index in [9.17, 15) is 25.2 Å². The van der Waals surface area contributed by atoms with Gasteiger partial charge < -0.3 is 29.9 Å². The second kappa shape index (κ2) is 24.0. The Kier molecular flexibility index (Phi) is 21.2. The Morgan fingerprint density at radius 3 is 1.95 bits per heavy atom. The van der Waals surface area contributed by atoms with E-state index in [0.717, 1.165) is 57.8 Å². The maximum absolute atomic E-state index is 11.7. The summed E-state index contributed by atoms with van der Waals surface area (Å²) in [6, 6.07) is 0. The van der Waals surface area contributed by atoms with Gasteiger partial charge in [-0.25, -0.2) is 4.79 Å². The van der Waals surface area contributed by atoms with Crippen molar-refractivity contribution in [2.24, 2.45) is 0 Å². The monoisotopic (exact) mass is 622 g/mol. The largest absolute Gasteiger partial charge is 0.455 e. The molecule has 0 saturated carbocycles. The SMILES string of the molecule is CCCCCCCCCCC/C=C\C[C@H](O)[C@H]1CC[C@@H]([C@H](O)CCCCCC[C@H](O)CCC[C@H](O)CC2=C[C@@H](C)OC2=O)O1. The zero-order valence-corrected chi connectivity index (χ0v) is 28.1. The minimum Gasteiger partial charge on any atom is -0.455 e. The Labute approximate surface area is 268 Å². The molecule has 1 fully saturated rings. The van der Waals surface area contributed by atoms with E-state index in [2.05, 4.69) is 19.1 Å². The number of ether oxygens (including phenoxy) is 2. The molecule has 2 aliphatic rings. The van der Waals surface area contributed by atoms with Crippen molar-refractivity contribution in [2.75, 3.05) is 0 Å². The van der Waals surface area contributed by atoms with Crippen molar-refractivity contribution in [3.05, 3.63) is 23.8 Å². The number of hydrogen-bond acceptors (Lipinski definition) is 7. The lowest BCUT2D eigenvalue weighted by Crippen LogP contribution is -2.30. The first kappa shape index (κ1) is 38.9. The number of carbonyl (C=O) groups excluding carboxylic acids is 1. The van der Waals surface area contributed by atoms with Gasteiger partial charge in [0, 0.05) is 12.0 Å². The van der Waals surface area contributed by atoms with Crippen molar-refractivity contribution in [1.29, 1.82) is 0 Å². The first-order chi connectivity index (χ1) is 21.3. The molecule has 44 heavy (non-hydrogen) atoms. The van der Waals surface area contributed by atoms with Gasteiger partial charge in [-0.1, -0.05) is 96.1 Å². The van der Waals surface area contributed by atoms with E-state index in [1.807, 2.05) is 0 Å². The molecule has 0 spiro atoms. The summed E-state index contributed by atoms with van der Waals surface area (Å²) in [7, 11) is 0. The Bertz CT molecular complexity index is 797. The fourth-order valence-electron chi connectivity index (χ4n) is 6.48. The van der Waals surface area contributed by atoms with Gasteiger partial charge in [-0.15, -0.1) is 0 Å². The van der Waals surface area contributed by atoms with Gasteiger partial charge in [0.2, 0.25) is 0 Å². The molecule has 0 aromatic heterocycles. The number of cyclic esters (lactones) is 1. The number of unbranched alkanes of at least 4 members (excludes halogenated alkanes) is 12. The van der Waals surface area contributed by atoms with Crippen LogP contribution in [0.3, 0.4) is 0 Å². The van der Waals surface area contributed by atoms with Crippen LogP contribution in [0.15, 0.2) is 23.8 Å². The fraction of sp³-hybridized carbons (Fsp3) is 0.865. The van der Waals surface area contributed by atoms with Crippen LogP contribution < -0.4 is 0 Å². The number of aliphatic hydroxyl groups excluding tert-OH is 4. The maximum atomic E-state index is 11.7. The van der Waals surface area contributed by atoms with Crippen molar-refractivity contribution in [3.8, 4) is 0 Å². The number of aliphatic hydroxyl groups is 4. The van der Waals surface area contributed by atoms with Gasteiger partial charge in [0.15, 0.2) is 0 Å². The van der Waals surface area contributed by atoms with E-state index in [-0.39, 0.29) is 30.4 Å². The molecule has 0 bridgehead atoms. The van der Waals surface area contributed by atoms with E-state index >= 15 is 0 Å². The van der Waals surface area contributed by atoms with E-state index < -0.39 is 18.3 Å². The van der Waals surface area contributed by atoms with Crippen LogP contribution in [0.5, 0.6) is 0 Å². The minimum absolute atomic E-state index is 0.184. The van der Waals surface area contributed by atoms with Gasteiger partial charge in [-0.05, 0) is 77.2 Å². The number of hydrogen-bond donors (Lipinski definition) is 4. The maximum Gasteiger partial charge on any atom is 0.334 e. The summed E-state index contributed by atoms with van der Waals surface area (Å²) in [6.45, 7) is 4.07. The molecule has 0 aromatic carbocycles. The van der Waals surface area contributed by atoms with Crippen LogP contribution in [0, 0.1) is 0 Å². The quantitative estimate of drug-likeness (QED) is 0.0423. The van der Waals surface area contributed by atoms with Crippen LogP contribution in [-0.2, 0) is 14.3 Å². The van der Waals surface area contributed by atoms with Crippen LogP contribution >= 0.6 is 0 Å². The first-order valence-electron chi connectivity index (χ1n) is 18.2. The second-order valence-corrected chi connectivity index (χ2v) is 13.5. The molecule has 7 atom stereocenters. The second-order valence-electron chi connectivity index (χ2n) is 13.5. The molecule has 0 aliphatic carbocycles. The summed E-state index contributed by atoms with van der Waals surface area (Å²) in [5, 5.41) is 41.7. The van der Waals surface area contributed by atoms with Gasteiger partial charge in [-0.2, -0.15) is 0 Å². The smallest absolute Gasteiger partial charge is 0.334 e. The summed E-state index contributed by atoms with van der Waals surface area (Å²) in [5.41, 5.74) is 0.551. The van der Waals surface area contributed by atoms with Crippen LogP contribution in [0.4, 0.5) is 0 Å². The number of rotatable bonds is 27. The zero-order chi connectivity index (χ0) is 32.0. The first-order valence-corrected chi connectivity index (χ1v) is 18.2. The Morgan fingerprint density at radius 1 is 0.727 bits per heavy atom.